The molecular formula is C11H18N4O. The molecule has 0 bridgehead atoms. The second-order valence-corrected chi connectivity index (χ2v) is 4.34. The Morgan fingerprint density at radius 2 is 2.19 bits per heavy atom. The van der Waals surface area contributed by atoms with Gasteiger partial charge in [0.1, 0.15) is 5.82 Å². The SMILES string of the molecule is CC(C)(CCN)Nc1ccc(C(N)=O)cn1. The molecule has 5 nitrogen and oxygen atoms in total. The van der Waals surface area contributed by atoms with E-state index in [0.717, 1.165) is 6.42 Å². The smallest absolute Gasteiger partial charge is 0.250 e. The molecule has 1 amide bonds. The fourth-order valence-electron chi connectivity index (χ4n) is 1.38. The summed E-state index contributed by atoms with van der Waals surface area (Å²) in [5.41, 5.74) is 10.9. The summed E-state index contributed by atoms with van der Waals surface area (Å²) in [5.74, 6) is 0.240. The number of nitrogens with zero attached hydrogens (tertiary/aromatic N) is 1. The van der Waals surface area contributed by atoms with Crippen LogP contribution in [0.2, 0.25) is 0 Å². The van der Waals surface area contributed by atoms with Crippen molar-refractivity contribution in [3.8, 4) is 0 Å². The van der Waals surface area contributed by atoms with Crippen LogP contribution in [0.4, 0.5) is 5.82 Å². The first-order chi connectivity index (χ1) is 7.44. The predicted molar refractivity (Wildman–Crippen MR) is 64.1 cm³/mol. The molecular weight excluding hydrogens is 204 g/mol. The fraction of sp³-hybridized carbons (Fsp3) is 0.455. The van der Waals surface area contributed by atoms with Gasteiger partial charge in [0.25, 0.3) is 0 Å². The molecule has 1 rings (SSSR count). The number of carbonyl (C=O) groups excluding carboxylic acids is 1. The van der Waals surface area contributed by atoms with Crippen molar-refractivity contribution in [2.75, 3.05) is 11.9 Å². The Bertz CT molecular complexity index is 359. The van der Waals surface area contributed by atoms with Crippen molar-refractivity contribution in [2.24, 2.45) is 11.5 Å². The van der Waals surface area contributed by atoms with Crippen LogP contribution in [-0.4, -0.2) is 23.0 Å². The first-order valence-corrected chi connectivity index (χ1v) is 5.19. The Kier molecular flexibility index (Phi) is 3.84. The zero-order chi connectivity index (χ0) is 12.2. The van der Waals surface area contributed by atoms with E-state index in [0.29, 0.717) is 17.9 Å². The third-order valence-electron chi connectivity index (χ3n) is 2.28. The lowest BCUT2D eigenvalue weighted by Gasteiger charge is -2.26. The average Bonchev–Trinajstić information content (AvgIpc) is 2.17. The monoisotopic (exact) mass is 222 g/mol. The molecule has 0 unspecified atom stereocenters. The van der Waals surface area contributed by atoms with Crippen molar-refractivity contribution in [1.29, 1.82) is 0 Å². The summed E-state index contributed by atoms with van der Waals surface area (Å²) in [6.07, 6.45) is 2.30. The van der Waals surface area contributed by atoms with Gasteiger partial charge < -0.3 is 16.8 Å². The lowest BCUT2D eigenvalue weighted by molar-refractivity contribution is 0.1000. The quantitative estimate of drug-likeness (QED) is 0.684. The van der Waals surface area contributed by atoms with Gasteiger partial charge >= 0.3 is 0 Å². The highest BCUT2D eigenvalue weighted by atomic mass is 16.1. The van der Waals surface area contributed by atoms with Gasteiger partial charge in [0.05, 0.1) is 5.56 Å². The van der Waals surface area contributed by atoms with E-state index in [1.165, 1.54) is 6.20 Å². The predicted octanol–water partition coefficient (Wildman–Crippen LogP) is 0.720. The molecule has 0 aliphatic carbocycles. The van der Waals surface area contributed by atoms with Crippen LogP contribution in [-0.2, 0) is 0 Å². The molecule has 0 aliphatic heterocycles. The molecule has 5 heteroatoms. The van der Waals surface area contributed by atoms with Gasteiger partial charge in [0.15, 0.2) is 0 Å². The zero-order valence-corrected chi connectivity index (χ0v) is 9.66. The first kappa shape index (κ1) is 12.4. The summed E-state index contributed by atoms with van der Waals surface area (Å²) in [7, 11) is 0. The summed E-state index contributed by atoms with van der Waals surface area (Å²) in [6, 6.07) is 3.38. The molecule has 88 valence electrons. The second-order valence-electron chi connectivity index (χ2n) is 4.34. The van der Waals surface area contributed by atoms with Crippen molar-refractivity contribution in [3.05, 3.63) is 23.9 Å². The first-order valence-electron chi connectivity index (χ1n) is 5.19. The van der Waals surface area contributed by atoms with E-state index in [4.69, 9.17) is 11.5 Å². The Morgan fingerprint density at radius 1 is 1.50 bits per heavy atom. The van der Waals surface area contributed by atoms with Crippen molar-refractivity contribution >= 4 is 11.7 Å². The van der Waals surface area contributed by atoms with Crippen LogP contribution >= 0.6 is 0 Å². The number of nitrogens with one attached hydrogen (secondary N) is 1. The number of rotatable bonds is 5. The highest BCUT2D eigenvalue weighted by Gasteiger charge is 2.16. The number of hydrogen-bond donors (Lipinski definition) is 3. The van der Waals surface area contributed by atoms with Gasteiger partial charge in [-0.25, -0.2) is 4.98 Å². The highest BCUT2D eigenvalue weighted by Crippen LogP contribution is 2.15. The lowest BCUT2D eigenvalue weighted by atomic mass is 10.0. The molecule has 0 saturated heterocycles. The van der Waals surface area contributed by atoms with Gasteiger partial charge in [-0.05, 0) is 38.9 Å². The minimum absolute atomic E-state index is 0.115. The van der Waals surface area contributed by atoms with Gasteiger partial charge in [-0.1, -0.05) is 0 Å². The number of anilines is 1. The number of carbonyl (C=O) groups is 1. The molecule has 0 fully saturated rings. The minimum Gasteiger partial charge on any atom is -0.366 e. The van der Waals surface area contributed by atoms with Crippen LogP contribution in [0.1, 0.15) is 30.6 Å². The number of pyridine rings is 1. The van der Waals surface area contributed by atoms with Crippen LogP contribution in [0.15, 0.2) is 18.3 Å². The number of amides is 1. The van der Waals surface area contributed by atoms with E-state index in [-0.39, 0.29) is 5.54 Å². The maximum absolute atomic E-state index is 10.8. The van der Waals surface area contributed by atoms with Gasteiger partial charge in [-0.3, -0.25) is 4.79 Å². The van der Waals surface area contributed by atoms with Crippen molar-refractivity contribution in [2.45, 2.75) is 25.8 Å². The molecule has 1 aromatic rings. The number of hydrogen-bond acceptors (Lipinski definition) is 4. The molecule has 0 atom stereocenters. The molecule has 16 heavy (non-hydrogen) atoms. The fourth-order valence-corrected chi connectivity index (χ4v) is 1.38. The largest absolute Gasteiger partial charge is 0.366 e. The van der Waals surface area contributed by atoms with Crippen LogP contribution in [0.25, 0.3) is 0 Å². The van der Waals surface area contributed by atoms with E-state index in [1.54, 1.807) is 12.1 Å². The third-order valence-corrected chi connectivity index (χ3v) is 2.28. The van der Waals surface area contributed by atoms with Crippen molar-refractivity contribution in [1.82, 2.24) is 4.98 Å². The molecule has 0 saturated carbocycles. The lowest BCUT2D eigenvalue weighted by Crippen LogP contribution is -2.33. The van der Waals surface area contributed by atoms with Gasteiger partial charge in [-0.2, -0.15) is 0 Å². The standard InChI is InChI=1S/C11H18N4O/c1-11(2,5-6-12)15-9-4-3-8(7-14-9)10(13)16/h3-4,7H,5-6,12H2,1-2H3,(H2,13,16)(H,14,15). The Morgan fingerprint density at radius 3 is 2.62 bits per heavy atom. The van der Waals surface area contributed by atoms with E-state index in [2.05, 4.69) is 10.3 Å². The van der Waals surface area contributed by atoms with Crippen LogP contribution in [0.3, 0.4) is 0 Å². The van der Waals surface area contributed by atoms with Crippen molar-refractivity contribution in [3.63, 3.8) is 0 Å². The number of nitrogens with two attached hydrogens (primary N) is 2. The summed E-state index contributed by atoms with van der Waals surface area (Å²) in [5, 5.41) is 3.24. The molecule has 1 aromatic heterocycles. The summed E-state index contributed by atoms with van der Waals surface area (Å²) < 4.78 is 0. The van der Waals surface area contributed by atoms with Crippen LogP contribution in [0.5, 0.6) is 0 Å². The molecule has 0 radical (unpaired) electrons. The van der Waals surface area contributed by atoms with Gasteiger partial charge in [0, 0.05) is 11.7 Å². The van der Waals surface area contributed by atoms with E-state index < -0.39 is 5.91 Å². The highest BCUT2D eigenvalue weighted by molar-refractivity contribution is 5.92. The molecule has 1 heterocycles. The Balaban J connectivity index is 2.72. The Labute approximate surface area is 95.2 Å². The van der Waals surface area contributed by atoms with E-state index >= 15 is 0 Å². The maximum Gasteiger partial charge on any atom is 0.250 e. The third kappa shape index (κ3) is 3.51. The second kappa shape index (κ2) is 4.94. The molecule has 0 aromatic carbocycles. The normalized spacial score (nSPS) is 11.2. The summed E-state index contributed by atoms with van der Waals surface area (Å²) >= 11 is 0. The van der Waals surface area contributed by atoms with E-state index in [9.17, 15) is 4.79 Å². The van der Waals surface area contributed by atoms with Gasteiger partial charge in [-0.15, -0.1) is 0 Å². The molecule has 0 spiro atoms. The summed E-state index contributed by atoms with van der Waals surface area (Å²) in [4.78, 5) is 15.0. The number of primary amides is 1. The van der Waals surface area contributed by atoms with Crippen molar-refractivity contribution < 1.29 is 4.79 Å². The molecule has 5 N–H and O–H groups in total. The topological polar surface area (TPSA) is 94.0 Å². The molecule has 0 aliphatic rings. The Hall–Kier alpha value is -1.62. The van der Waals surface area contributed by atoms with E-state index in [1.807, 2.05) is 13.8 Å². The van der Waals surface area contributed by atoms with Crippen LogP contribution < -0.4 is 16.8 Å². The minimum atomic E-state index is -0.472. The average molecular weight is 222 g/mol. The van der Waals surface area contributed by atoms with Crippen LogP contribution in [0, 0.1) is 0 Å². The maximum atomic E-state index is 10.8. The van der Waals surface area contributed by atoms with Gasteiger partial charge in [0.2, 0.25) is 5.91 Å². The zero-order valence-electron chi connectivity index (χ0n) is 9.66. The summed E-state index contributed by atoms with van der Waals surface area (Å²) in [6.45, 7) is 4.70. The number of aromatic nitrogens is 1.